The second kappa shape index (κ2) is 8.68. The first kappa shape index (κ1) is 21.9. The van der Waals surface area contributed by atoms with E-state index in [9.17, 15) is 5.11 Å². The number of nitrogens with zero attached hydrogens (tertiary/aromatic N) is 2. The molecule has 30 heavy (non-hydrogen) atoms. The van der Waals surface area contributed by atoms with E-state index in [1.54, 1.807) is 7.11 Å². The molecule has 2 aliphatic carbocycles. The summed E-state index contributed by atoms with van der Waals surface area (Å²) < 4.78 is 11.6. The fraction of sp³-hybridized carbons (Fsp3) is 0.760. The molecule has 4 rings (SSSR count). The minimum atomic E-state index is -0.308. The Morgan fingerprint density at radius 1 is 1.10 bits per heavy atom. The summed E-state index contributed by atoms with van der Waals surface area (Å²) in [4.78, 5) is 4.79. The topological polar surface area (TPSA) is 45.2 Å². The first-order valence-electron chi connectivity index (χ1n) is 11.7. The van der Waals surface area contributed by atoms with Gasteiger partial charge in [0, 0.05) is 45.0 Å². The van der Waals surface area contributed by atoms with Crippen molar-refractivity contribution in [2.24, 2.45) is 16.7 Å². The van der Waals surface area contributed by atoms with E-state index < -0.39 is 0 Å². The lowest BCUT2D eigenvalue weighted by Gasteiger charge is -2.39. The maximum atomic E-state index is 10.6. The molecule has 3 aliphatic rings. The summed E-state index contributed by atoms with van der Waals surface area (Å²) in [5.41, 5.74) is 1.94. The molecule has 0 radical (unpaired) electrons. The van der Waals surface area contributed by atoms with Crippen LogP contribution >= 0.6 is 0 Å². The standard InChI is InChI=1S/C25H40N2O3/c1-24(2)19-9-11-25(24,3)23(17-19)30-16-10-21(28)18-26-12-14-27(15-13-26)20-5-7-22(29-4)8-6-20/h5-8,19,21,23,28H,9-18H2,1-4H3/t19-,21+,23+,25-/m1/s1. The highest BCUT2D eigenvalue weighted by molar-refractivity contribution is 5.49. The van der Waals surface area contributed by atoms with Crippen LogP contribution in [0.25, 0.3) is 0 Å². The van der Waals surface area contributed by atoms with E-state index in [1.165, 1.54) is 24.9 Å². The number of methoxy groups -OCH3 is 1. The van der Waals surface area contributed by atoms with Gasteiger partial charge in [-0.15, -0.1) is 0 Å². The first-order valence-corrected chi connectivity index (χ1v) is 11.7. The molecule has 3 fully saturated rings. The summed E-state index contributed by atoms with van der Waals surface area (Å²) in [6.45, 7) is 12.7. The Bertz CT molecular complexity index is 699. The van der Waals surface area contributed by atoms with Gasteiger partial charge >= 0.3 is 0 Å². The van der Waals surface area contributed by atoms with Crippen LogP contribution in [0.5, 0.6) is 5.75 Å². The van der Waals surface area contributed by atoms with Gasteiger partial charge in [-0.1, -0.05) is 20.8 Å². The zero-order valence-corrected chi connectivity index (χ0v) is 19.3. The van der Waals surface area contributed by atoms with Crippen LogP contribution in [0.4, 0.5) is 5.69 Å². The van der Waals surface area contributed by atoms with E-state index in [-0.39, 0.29) is 6.10 Å². The number of hydrogen-bond donors (Lipinski definition) is 1. The average Bonchev–Trinajstić information content (AvgIpc) is 3.08. The molecule has 1 aromatic carbocycles. The maximum absolute atomic E-state index is 10.6. The fourth-order valence-electron chi connectivity index (χ4n) is 6.10. The van der Waals surface area contributed by atoms with Gasteiger partial charge in [0.25, 0.3) is 0 Å². The molecule has 2 bridgehead atoms. The molecule has 1 N–H and O–H groups in total. The van der Waals surface area contributed by atoms with Crippen molar-refractivity contribution in [3.63, 3.8) is 0 Å². The molecule has 1 heterocycles. The monoisotopic (exact) mass is 416 g/mol. The number of piperazine rings is 1. The van der Waals surface area contributed by atoms with Crippen molar-refractivity contribution in [2.75, 3.05) is 51.3 Å². The smallest absolute Gasteiger partial charge is 0.119 e. The lowest BCUT2D eigenvalue weighted by atomic mass is 9.70. The Kier molecular flexibility index (Phi) is 6.34. The summed E-state index contributed by atoms with van der Waals surface area (Å²) >= 11 is 0. The third kappa shape index (κ3) is 4.09. The van der Waals surface area contributed by atoms with Crippen molar-refractivity contribution in [2.45, 2.75) is 58.7 Å². The second-order valence-corrected chi connectivity index (χ2v) is 10.4. The predicted molar refractivity (Wildman–Crippen MR) is 121 cm³/mol. The normalized spacial score (nSPS) is 31.8. The Morgan fingerprint density at radius 2 is 1.80 bits per heavy atom. The largest absolute Gasteiger partial charge is 0.497 e. The minimum Gasteiger partial charge on any atom is -0.497 e. The van der Waals surface area contributed by atoms with E-state index in [2.05, 4.69) is 42.7 Å². The maximum Gasteiger partial charge on any atom is 0.119 e. The van der Waals surface area contributed by atoms with Crippen LogP contribution in [0.15, 0.2) is 24.3 Å². The molecule has 1 aliphatic heterocycles. The van der Waals surface area contributed by atoms with Crippen LogP contribution in [0.3, 0.4) is 0 Å². The number of aliphatic hydroxyl groups excluding tert-OH is 1. The van der Waals surface area contributed by atoms with Crippen molar-refractivity contribution < 1.29 is 14.6 Å². The van der Waals surface area contributed by atoms with E-state index >= 15 is 0 Å². The van der Waals surface area contributed by atoms with Gasteiger partial charge in [-0.3, -0.25) is 4.90 Å². The fourth-order valence-corrected chi connectivity index (χ4v) is 6.10. The highest BCUT2D eigenvalue weighted by atomic mass is 16.5. The third-order valence-corrected chi connectivity index (χ3v) is 8.76. The van der Waals surface area contributed by atoms with Gasteiger partial charge in [-0.25, -0.2) is 0 Å². The van der Waals surface area contributed by atoms with Crippen molar-refractivity contribution in [3.05, 3.63) is 24.3 Å². The second-order valence-electron chi connectivity index (χ2n) is 10.4. The van der Waals surface area contributed by atoms with Crippen molar-refractivity contribution in [1.82, 2.24) is 4.90 Å². The van der Waals surface area contributed by atoms with Crippen LogP contribution < -0.4 is 9.64 Å². The van der Waals surface area contributed by atoms with E-state index in [1.807, 2.05) is 12.1 Å². The quantitative estimate of drug-likeness (QED) is 0.698. The summed E-state index contributed by atoms with van der Waals surface area (Å²) in [6, 6.07) is 8.28. The highest BCUT2D eigenvalue weighted by Gasteiger charge is 2.61. The zero-order chi connectivity index (χ0) is 21.4. The number of rotatable bonds is 8. The minimum absolute atomic E-state index is 0.306. The molecule has 0 unspecified atom stereocenters. The number of aliphatic hydroxyl groups is 1. The molecule has 5 nitrogen and oxygen atoms in total. The van der Waals surface area contributed by atoms with Gasteiger partial charge in [0.05, 0.1) is 19.3 Å². The Labute approximate surface area is 182 Å². The summed E-state index contributed by atoms with van der Waals surface area (Å²) in [5, 5.41) is 10.6. The average molecular weight is 417 g/mol. The van der Waals surface area contributed by atoms with E-state index in [0.29, 0.717) is 23.5 Å². The van der Waals surface area contributed by atoms with Crippen LogP contribution in [0.2, 0.25) is 0 Å². The molecule has 1 saturated heterocycles. The Hall–Kier alpha value is -1.30. The SMILES string of the molecule is COc1ccc(N2CCN(C[C@@H](O)CCO[C@H]3C[C@H]4CC[C@@]3(C)C4(C)C)CC2)cc1. The molecule has 1 aromatic rings. The number of fused-ring (bicyclic) bond motifs is 2. The van der Waals surface area contributed by atoms with Crippen LogP contribution in [0, 0.1) is 16.7 Å². The molecular formula is C25H40N2O3. The molecule has 0 aromatic heterocycles. The van der Waals surface area contributed by atoms with Crippen LogP contribution in [0.1, 0.15) is 46.5 Å². The lowest BCUT2D eigenvalue weighted by Crippen LogP contribution is -2.48. The number of β-amino-alcohol motifs (C(OH)–C–C–N with tert-alkyl or cyclic N) is 1. The molecule has 2 saturated carbocycles. The zero-order valence-electron chi connectivity index (χ0n) is 19.3. The molecule has 0 spiro atoms. The van der Waals surface area contributed by atoms with E-state index in [0.717, 1.165) is 50.8 Å². The van der Waals surface area contributed by atoms with Crippen LogP contribution in [-0.4, -0.2) is 68.7 Å². The molecule has 168 valence electrons. The van der Waals surface area contributed by atoms with Gasteiger partial charge in [-0.2, -0.15) is 0 Å². The number of benzene rings is 1. The van der Waals surface area contributed by atoms with Gasteiger partial charge in [-0.05, 0) is 66.7 Å². The van der Waals surface area contributed by atoms with Crippen molar-refractivity contribution in [3.8, 4) is 5.75 Å². The number of ether oxygens (including phenoxy) is 2. The summed E-state index contributed by atoms with van der Waals surface area (Å²) in [7, 11) is 1.70. The molecule has 5 heteroatoms. The summed E-state index contributed by atoms with van der Waals surface area (Å²) in [6.07, 6.45) is 4.64. The van der Waals surface area contributed by atoms with Gasteiger partial charge < -0.3 is 19.5 Å². The summed E-state index contributed by atoms with van der Waals surface area (Å²) in [5.74, 6) is 1.70. The van der Waals surface area contributed by atoms with Gasteiger partial charge in [0.1, 0.15) is 5.75 Å². The Morgan fingerprint density at radius 3 is 2.37 bits per heavy atom. The first-order chi connectivity index (χ1) is 14.3. The van der Waals surface area contributed by atoms with Crippen molar-refractivity contribution in [1.29, 1.82) is 0 Å². The number of hydrogen-bond acceptors (Lipinski definition) is 5. The van der Waals surface area contributed by atoms with Crippen LogP contribution in [-0.2, 0) is 4.74 Å². The lowest BCUT2D eigenvalue weighted by molar-refractivity contribution is -0.0564. The van der Waals surface area contributed by atoms with E-state index in [4.69, 9.17) is 9.47 Å². The predicted octanol–water partition coefficient (Wildman–Crippen LogP) is 3.80. The number of anilines is 1. The molecule has 0 amide bonds. The van der Waals surface area contributed by atoms with Gasteiger partial charge in [0.2, 0.25) is 0 Å². The third-order valence-electron chi connectivity index (χ3n) is 8.76. The Balaban J connectivity index is 1.16. The van der Waals surface area contributed by atoms with Gasteiger partial charge in [0.15, 0.2) is 0 Å². The molecule has 4 atom stereocenters. The molecular weight excluding hydrogens is 376 g/mol. The highest BCUT2D eigenvalue weighted by Crippen LogP contribution is 2.66. The van der Waals surface area contributed by atoms with Crippen molar-refractivity contribution >= 4 is 5.69 Å².